The molecule has 3 aromatic heterocycles. The van der Waals surface area contributed by atoms with Crippen molar-refractivity contribution in [3.05, 3.63) is 48.3 Å². The number of halogens is 1. The molecule has 1 aromatic carbocycles. The van der Waals surface area contributed by atoms with Gasteiger partial charge in [-0.05, 0) is 18.6 Å². The standard InChI is InChI=1S/C22H20FN7O2/c1-11-13(8-27-21-20(11)26-5-6-32-21)12-7-15-14(19(24)18(12)23)9-28-22(29-15)30-16-10-25-4-3-17(16)31-2/h3-4,7-10,26H,5-6,24H2,1-2H3,(H,28,29,30). The summed E-state index contributed by atoms with van der Waals surface area (Å²) in [6.45, 7) is 3.07. The molecule has 0 spiro atoms. The monoisotopic (exact) mass is 433 g/mol. The van der Waals surface area contributed by atoms with Gasteiger partial charge in [-0.2, -0.15) is 0 Å². The van der Waals surface area contributed by atoms with E-state index in [4.69, 9.17) is 15.2 Å². The van der Waals surface area contributed by atoms with E-state index in [1.165, 1.54) is 6.20 Å². The van der Waals surface area contributed by atoms with Crippen molar-refractivity contribution in [1.82, 2.24) is 19.9 Å². The summed E-state index contributed by atoms with van der Waals surface area (Å²) in [5.41, 5.74) is 9.67. The fourth-order valence-corrected chi connectivity index (χ4v) is 3.70. The Morgan fingerprint density at radius 1 is 1.22 bits per heavy atom. The third-order valence-electron chi connectivity index (χ3n) is 5.35. The van der Waals surface area contributed by atoms with Gasteiger partial charge in [0.25, 0.3) is 0 Å². The Morgan fingerprint density at radius 2 is 2.09 bits per heavy atom. The van der Waals surface area contributed by atoms with Gasteiger partial charge in [-0.3, -0.25) is 4.98 Å². The summed E-state index contributed by atoms with van der Waals surface area (Å²) in [4.78, 5) is 17.2. The van der Waals surface area contributed by atoms with Crippen molar-refractivity contribution in [2.24, 2.45) is 0 Å². The molecule has 0 atom stereocenters. The lowest BCUT2D eigenvalue weighted by Gasteiger charge is -2.22. The lowest BCUT2D eigenvalue weighted by Crippen LogP contribution is -2.20. The van der Waals surface area contributed by atoms with Gasteiger partial charge in [0.2, 0.25) is 11.8 Å². The second kappa shape index (κ2) is 7.80. The van der Waals surface area contributed by atoms with E-state index in [2.05, 4.69) is 30.6 Å². The van der Waals surface area contributed by atoms with Crippen molar-refractivity contribution in [1.29, 1.82) is 0 Å². The smallest absolute Gasteiger partial charge is 0.237 e. The number of anilines is 4. The Hall–Kier alpha value is -4.21. The van der Waals surface area contributed by atoms with Gasteiger partial charge in [0.05, 0.1) is 24.5 Å². The number of benzene rings is 1. The van der Waals surface area contributed by atoms with E-state index in [0.29, 0.717) is 58.4 Å². The molecule has 0 unspecified atom stereocenters. The van der Waals surface area contributed by atoms with Gasteiger partial charge in [0.15, 0.2) is 5.82 Å². The number of nitrogens with zero attached hydrogens (tertiary/aromatic N) is 4. The molecule has 0 bridgehead atoms. The van der Waals surface area contributed by atoms with Crippen LogP contribution in [0.5, 0.6) is 11.6 Å². The number of rotatable bonds is 4. The average molecular weight is 433 g/mol. The molecule has 0 aliphatic carbocycles. The van der Waals surface area contributed by atoms with Gasteiger partial charge in [-0.15, -0.1) is 0 Å². The van der Waals surface area contributed by atoms with Gasteiger partial charge >= 0.3 is 0 Å². The van der Waals surface area contributed by atoms with Crippen molar-refractivity contribution < 1.29 is 13.9 Å². The summed E-state index contributed by atoms with van der Waals surface area (Å²) in [5.74, 6) is 0.854. The van der Waals surface area contributed by atoms with E-state index in [1.807, 2.05) is 6.92 Å². The van der Waals surface area contributed by atoms with Crippen LogP contribution >= 0.6 is 0 Å². The first-order valence-corrected chi connectivity index (χ1v) is 9.93. The van der Waals surface area contributed by atoms with Crippen LogP contribution in [-0.4, -0.2) is 40.2 Å². The number of hydrogen-bond donors (Lipinski definition) is 3. The van der Waals surface area contributed by atoms with Crippen molar-refractivity contribution >= 4 is 33.9 Å². The summed E-state index contributed by atoms with van der Waals surface area (Å²) < 4.78 is 26.2. The van der Waals surface area contributed by atoms with E-state index in [1.54, 1.807) is 37.8 Å². The van der Waals surface area contributed by atoms with Crippen LogP contribution < -0.4 is 25.8 Å². The molecule has 0 amide bonds. The Bertz CT molecular complexity index is 1350. The first-order valence-electron chi connectivity index (χ1n) is 9.93. The van der Waals surface area contributed by atoms with Crippen LogP contribution in [0.1, 0.15) is 5.56 Å². The van der Waals surface area contributed by atoms with Crippen molar-refractivity contribution in [2.45, 2.75) is 6.92 Å². The molecule has 162 valence electrons. The summed E-state index contributed by atoms with van der Waals surface area (Å²) in [6, 6.07) is 3.37. The third-order valence-corrected chi connectivity index (χ3v) is 5.35. The van der Waals surface area contributed by atoms with Crippen molar-refractivity contribution in [3.63, 3.8) is 0 Å². The maximum Gasteiger partial charge on any atom is 0.237 e. The van der Waals surface area contributed by atoms with Gasteiger partial charge in [0.1, 0.15) is 23.7 Å². The Morgan fingerprint density at radius 3 is 2.94 bits per heavy atom. The number of methoxy groups -OCH3 is 1. The van der Waals surface area contributed by atoms with E-state index >= 15 is 4.39 Å². The Balaban J connectivity index is 1.61. The number of nitrogens with two attached hydrogens (primary N) is 1. The first-order chi connectivity index (χ1) is 15.6. The number of ether oxygens (including phenoxy) is 2. The predicted octanol–water partition coefficient (Wildman–Crippen LogP) is 3.67. The molecule has 9 nitrogen and oxygen atoms in total. The molecule has 5 rings (SSSR count). The molecular formula is C22H20FN7O2. The topological polar surface area (TPSA) is 120 Å². The van der Waals surface area contributed by atoms with Crippen molar-refractivity contribution in [3.8, 4) is 22.8 Å². The van der Waals surface area contributed by atoms with Crippen molar-refractivity contribution in [2.75, 3.05) is 36.6 Å². The molecule has 4 aromatic rings. The molecule has 0 saturated carbocycles. The summed E-state index contributed by atoms with van der Waals surface area (Å²) in [7, 11) is 1.56. The third kappa shape index (κ3) is 3.25. The molecule has 0 radical (unpaired) electrons. The first kappa shape index (κ1) is 19.7. The lowest BCUT2D eigenvalue weighted by atomic mass is 9.98. The number of pyridine rings is 2. The minimum atomic E-state index is -0.544. The van der Waals surface area contributed by atoms with Crippen LogP contribution in [0, 0.1) is 12.7 Å². The fraction of sp³-hybridized carbons (Fsp3) is 0.182. The summed E-state index contributed by atoms with van der Waals surface area (Å²) >= 11 is 0. The van der Waals surface area contributed by atoms with Gasteiger partial charge in [0, 0.05) is 47.7 Å². The van der Waals surface area contributed by atoms with E-state index in [0.717, 1.165) is 11.3 Å². The molecule has 1 aliphatic heterocycles. The number of hydrogen-bond acceptors (Lipinski definition) is 9. The molecule has 4 heterocycles. The largest absolute Gasteiger partial charge is 0.494 e. The predicted molar refractivity (Wildman–Crippen MR) is 120 cm³/mol. The van der Waals surface area contributed by atoms with Gasteiger partial charge in [-0.25, -0.2) is 19.3 Å². The zero-order valence-electron chi connectivity index (χ0n) is 17.4. The van der Waals surface area contributed by atoms with Crippen LogP contribution in [0.3, 0.4) is 0 Å². The second-order valence-electron chi connectivity index (χ2n) is 7.23. The highest BCUT2D eigenvalue weighted by Gasteiger charge is 2.21. The normalized spacial score (nSPS) is 12.6. The van der Waals surface area contributed by atoms with E-state index < -0.39 is 5.82 Å². The number of nitrogens with one attached hydrogen (secondary N) is 2. The minimum absolute atomic E-state index is 0.0238. The molecular weight excluding hydrogens is 413 g/mol. The number of nitrogen functional groups attached to an aromatic ring is 1. The molecule has 10 heteroatoms. The maximum atomic E-state index is 15.3. The molecule has 0 saturated heterocycles. The lowest BCUT2D eigenvalue weighted by molar-refractivity contribution is 0.310. The highest BCUT2D eigenvalue weighted by molar-refractivity contribution is 5.96. The summed E-state index contributed by atoms with van der Waals surface area (Å²) in [5, 5.41) is 6.76. The molecule has 32 heavy (non-hydrogen) atoms. The van der Waals surface area contributed by atoms with Crippen LogP contribution in [0.25, 0.3) is 22.0 Å². The Kier molecular flexibility index (Phi) is 4.81. The van der Waals surface area contributed by atoms with Gasteiger partial charge < -0.3 is 25.8 Å². The van der Waals surface area contributed by atoms with E-state index in [9.17, 15) is 0 Å². The average Bonchev–Trinajstić information content (AvgIpc) is 2.82. The van der Waals surface area contributed by atoms with Crippen LogP contribution in [-0.2, 0) is 0 Å². The molecule has 0 fully saturated rings. The van der Waals surface area contributed by atoms with Crippen LogP contribution in [0.4, 0.5) is 27.4 Å². The van der Waals surface area contributed by atoms with Crippen LogP contribution in [0.15, 0.2) is 36.9 Å². The highest BCUT2D eigenvalue weighted by Crippen LogP contribution is 2.39. The van der Waals surface area contributed by atoms with E-state index in [-0.39, 0.29) is 5.69 Å². The van der Waals surface area contributed by atoms with Crippen LogP contribution in [0.2, 0.25) is 0 Å². The quantitative estimate of drug-likeness (QED) is 0.414. The number of fused-ring (bicyclic) bond motifs is 2. The Labute approximate surface area is 182 Å². The molecule has 1 aliphatic rings. The highest BCUT2D eigenvalue weighted by atomic mass is 19.1. The summed E-state index contributed by atoms with van der Waals surface area (Å²) in [6.07, 6.45) is 6.30. The second-order valence-corrected chi connectivity index (χ2v) is 7.23. The fourth-order valence-electron chi connectivity index (χ4n) is 3.70. The zero-order chi connectivity index (χ0) is 22.2. The minimum Gasteiger partial charge on any atom is -0.494 e. The SMILES string of the molecule is COc1ccncc1Nc1ncc2c(N)c(F)c(-c3cnc4c(c3C)NCCO4)cc2n1. The van der Waals surface area contributed by atoms with Gasteiger partial charge in [-0.1, -0.05) is 0 Å². The molecule has 4 N–H and O–H groups in total. The maximum absolute atomic E-state index is 15.3. The zero-order valence-corrected chi connectivity index (χ0v) is 17.4. The number of aromatic nitrogens is 4.